The van der Waals surface area contributed by atoms with E-state index in [0.29, 0.717) is 13.0 Å². The van der Waals surface area contributed by atoms with Crippen LogP contribution in [0.15, 0.2) is 48.5 Å². The molecular formula is C19H23FN2O4S. The highest BCUT2D eigenvalue weighted by Gasteiger charge is 2.23. The maximum absolute atomic E-state index is 13.9. The molecule has 1 N–H and O–H groups in total. The summed E-state index contributed by atoms with van der Waals surface area (Å²) >= 11 is 0. The van der Waals surface area contributed by atoms with E-state index < -0.39 is 28.3 Å². The molecule has 0 aliphatic heterocycles. The summed E-state index contributed by atoms with van der Waals surface area (Å²) in [6, 6.07) is 13.1. The minimum absolute atomic E-state index is 0.145. The lowest BCUT2D eigenvalue weighted by Crippen LogP contribution is -2.41. The lowest BCUT2D eigenvalue weighted by atomic mass is 10.1. The monoisotopic (exact) mass is 394 g/mol. The van der Waals surface area contributed by atoms with Gasteiger partial charge in [-0.2, -0.15) is 0 Å². The molecule has 0 heterocycles. The van der Waals surface area contributed by atoms with Crippen LogP contribution in [-0.2, 0) is 21.2 Å². The highest BCUT2D eigenvalue weighted by atomic mass is 32.2. The van der Waals surface area contributed by atoms with Gasteiger partial charge in [-0.15, -0.1) is 0 Å². The van der Waals surface area contributed by atoms with Gasteiger partial charge in [0.05, 0.1) is 19.1 Å². The van der Waals surface area contributed by atoms with E-state index in [-0.39, 0.29) is 5.69 Å². The number of hydrogen-bond acceptors (Lipinski definition) is 4. The topological polar surface area (TPSA) is 75.7 Å². The Balaban J connectivity index is 1.88. The largest absolute Gasteiger partial charge is 0.497 e. The Hall–Kier alpha value is -2.61. The van der Waals surface area contributed by atoms with E-state index in [0.717, 1.165) is 34.4 Å². The highest BCUT2D eigenvalue weighted by Crippen LogP contribution is 2.20. The number of nitrogens with one attached hydrogen (secondary N) is 1. The van der Waals surface area contributed by atoms with Crippen LogP contribution in [0.25, 0.3) is 0 Å². The fourth-order valence-electron chi connectivity index (χ4n) is 2.53. The molecule has 0 saturated heterocycles. The molecule has 0 atom stereocenters. The molecular weight excluding hydrogens is 371 g/mol. The lowest BCUT2D eigenvalue weighted by Gasteiger charge is -2.22. The SMILES string of the molecule is COc1ccc(CCCNC(=O)CN(c2ccccc2F)S(C)(=O)=O)cc1. The quantitative estimate of drug-likeness (QED) is 0.663. The molecule has 1 amide bonds. The van der Waals surface area contributed by atoms with Crippen molar-refractivity contribution in [3.05, 3.63) is 59.9 Å². The van der Waals surface area contributed by atoms with Gasteiger partial charge in [0.2, 0.25) is 15.9 Å². The summed E-state index contributed by atoms with van der Waals surface area (Å²) < 4.78 is 43.7. The Morgan fingerprint density at radius 1 is 1.15 bits per heavy atom. The van der Waals surface area contributed by atoms with Crippen LogP contribution in [0.3, 0.4) is 0 Å². The third-order valence-corrected chi connectivity index (χ3v) is 5.06. The number of aryl methyl sites for hydroxylation is 1. The summed E-state index contributed by atoms with van der Waals surface area (Å²) in [6.45, 7) is -0.0813. The second-order valence-corrected chi connectivity index (χ2v) is 7.93. The molecule has 0 bridgehead atoms. The molecule has 8 heteroatoms. The maximum atomic E-state index is 13.9. The predicted octanol–water partition coefficient (Wildman–Crippen LogP) is 2.35. The smallest absolute Gasteiger partial charge is 0.240 e. The van der Waals surface area contributed by atoms with Crippen molar-refractivity contribution in [2.45, 2.75) is 12.8 Å². The van der Waals surface area contributed by atoms with Gasteiger partial charge in [-0.25, -0.2) is 12.8 Å². The van der Waals surface area contributed by atoms with Gasteiger partial charge in [-0.3, -0.25) is 9.10 Å². The first-order valence-corrected chi connectivity index (χ1v) is 10.3. The lowest BCUT2D eigenvalue weighted by molar-refractivity contribution is -0.119. The van der Waals surface area contributed by atoms with Crippen molar-refractivity contribution in [3.63, 3.8) is 0 Å². The summed E-state index contributed by atoms with van der Waals surface area (Å²) in [5.74, 6) is -0.408. The molecule has 0 aromatic heterocycles. The van der Waals surface area contributed by atoms with Crippen LogP contribution < -0.4 is 14.4 Å². The van der Waals surface area contributed by atoms with Crippen molar-refractivity contribution in [2.75, 3.05) is 30.8 Å². The number of benzene rings is 2. The first kappa shape index (κ1) is 20.7. The number of hydrogen-bond donors (Lipinski definition) is 1. The number of rotatable bonds is 9. The molecule has 0 spiro atoms. The summed E-state index contributed by atoms with van der Waals surface area (Å²) in [5, 5.41) is 2.68. The zero-order valence-electron chi connectivity index (χ0n) is 15.3. The van der Waals surface area contributed by atoms with Crippen molar-refractivity contribution in [2.24, 2.45) is 0 Å². The van der Waals surface area contributed by atoms with Gasteiger partial charge >= 0.3 is 0 Å². The average Bonchev–Trinajstić information content (AvgIpc) is 2.63. The van der Waals surface area contributed by atoms with Crippen LogP contribution in [0, 0.1) is 5.82 Å². The van der Waals surface area contributed by atoms with Gasteiger partial charge in [0.25, 0.3) is 0 Å². The molecule has 146 valence electrons. The van der Waals surface area contributed by atoms with Crippen LogP contribution in [-0.4, -0.2) is 40.8 Å². The normalized spacial score (nSPS) is 11.1. The van der Waals surface area contributed by atoms with Gasteiger partial charge in [0.15, 0.2) is 0 Å². The fraction of sp³-hybridized carbons (Fsp3) is 0.316. The van der Waals surface area contributed by atoms with Crippen molar-refractivity contribution in [1.29, 1.82) is 0 Å². The molecule has 2 aromatic rings. The Labute approximate surface area is 159 Å². The van der Waals surface area contributed by atoms with E-state index in [4.69, 9.17) is 4.74 Å². The van der Waals surface area contributed by atoms with Crippen molar-refractivity contribution >= 4 is 21.6 Å². The molecule has 0 unspecified atom stereocenters. The Bertz CT molecular complexity index is 870. The third-order valence-electron chi connectivity index (χ3n) is 3.93. The van der Waals surface area contributed by atoms with Crippen LogP contribution in [0.2, 0.25) is 0 Å². The van der Waals surface area contributed by atoms with E-state index in [1.165, 1.54) is 18.2 Å². The minimum atomic E-state index is -3.80. The van der Waals surface area contributed by atoms with E-state index >= 15 is 0 Å². The second-order valence-electron chi connectivity index (χ2n) is 6.02. The summed E-state index contributed by atoms with van der Waals surface area (Å²) in [6.07, 6.45) is 2.39. The van der Waals surface area contributed by atoms with Crippen molar-refractivity contribution in [1.82, 2.24) is 5.32 Å². The zero-order valence-corrected chi connectivity index (χ0v) is 16.1. The van der Waals surface area contributed by atoms with E-state index in [1.807, 2.05) is 24.3 Å². The average molecular weight is 394 g/mol. The number of nitrogens with zero attached hydrogens (tertiary/aromatic N) is 1. The second kappa shape index (κ2) is 9.36. The van der Waals surface area contributed by atoms with Crippen molar-refractivity contribution < 1.29 is 22.3 Å². The van der Waals surface area contributed by atoms with Crippen LogP contribution in [0.1, 0.15) is 12.0 Å². The number of ether oxygens (including phenoxy) is 1. The zero-order chi connectivity index (χ0) is 19.9. The number of anilines is 1. The molecule has 0 fully saturated rings. The van der Waals surface area contributed by atoms with Gasteiger partial charge in [-0.1, -0.05) is 24.3 Å². The van der Waals surface area contributed by atoms with E-state index in [1.54, 1.807) is 7.11 Å². The molecule has 2 aromatic carbocycles. The number of para-hydroxylation sites is 1. The molecule has 0 aliphatic carbocycles. The van der Waals surface area contributed by atoms with Crippen molar-refractivity contribution in [3.8, 4) is 5.75 Å². The number of carbonyl (C=O) groups is 1. The van der Waals surface area contributed by atoms with Gasteiger partial charge in [0.1, 0.15) is 18.1 Å². The number of sulfonamides is 1. The fourth-order valence-corrected chi connectivity index (χ4v) is 3.39. The predicted molar refractivity (Wildman–Crippen MR) is 103 cm³/mol. The van der Waals surface area contributed by atoms with Crippen LogP contribution in [0.4, 0.5) is 10.1 Å². The Kier molecular flexibility index (Phi) is 7.18. The van der Waals surface area contributed by atoms with Crippen LogP contribution >= 0.6 is 0 Å². The Morgan fingerprint density at radius 3 is 2.41 bits per heavy atom. The standard InChI is InChI=1S/C19H23FN2O4S/c1-26-16-11-9-15(10-12-16)6-5-13-21-19(23)14-22(27(2,24)25)18-8-4-3-7-17(18)20/h3-4,7-12H,5-6,13-14H2,1-2H3,(H,21,23). The minimum Gasteiger partial charge on any atom is -0.497 e. The summed E-state index contributed by atoms with van der Waals surface area (Å²) in [7, 11) is -2.19. The van der Waals surface area contributed by atoms with Crippen LogP contribution in [0.5, 0.6) is 5.75 Å². The number of carbonyl (C=O) groups excluding carboxylic acids is 1. The third kappa shape index (κ3) is 6.25. The summed E-state index contributed by atoms with van der Waals surface area (Å²) in [4.78, 5) is 12.1. The molecule has 27 heavy (non-hydrogen) atoms. The van der Waals surface area contributed by atoms with Gasteiger partial charge < -0.3 is 10.1 Å². The Morgan fingerprint density at radius 2 is 1.81 bits per heavy atom. The molecule has 0 radical (unpaired) electrons. The first-order chi connectivity index (χ1) is 12.8. The number of halogens is 1. The van der Waals surface area contributed by atoms with E-state index in [2.05, 4.69) is 5.32 Å². The number of methoxy groups -OCH3 is 1. The van der Waals surface area contributed by atoms with E-state index in [9.17, 15) is 17.6 Å². The van der Waals surface area contributed by atoms with Gasteiger partial charge in [-0.05, 0) is 42.7 Å². The first-order valence-electron chi connectivity index (χ1n) is 8.43. The maximum Gasteiger partial charge on any atom is 0.240 e. The molecule has 0 saturated carbocycles. The number of amides is 1. The highest BCUT2D eigenvalue weighted by molar-refractivity contribution is 7.92. The molecule has 2 rings (SSSR count). The molecule has 6 nitrogen and oxygen atoms in total. The van der Waals surface area contributed by atoms with Gasteiger partial charge in [0, 0.05) is 6.54 Å². The summed E-state index contributed by atoms with van der Waals surface area (Å²) in [5.41, 5.74) is 0.961. The molecule has 0 aliphatic rings.